The fraction of sp³-hybridized carbons (Fsp3) is 0.929. The van der Waals surface area contributed by atoms with Gasteiger partial charge in [-0.1, -0.05) is 206 Å². The van der Waals surface area contributed by atoms with Gasteiger partial charge in [0.2, 0.25) is 5.91 Å². The van der Waals surface area contributed by atoms with Gasteiger partial charge >= 0.3 is 0 Å². The quantitative estimate of drug-likeness (QED) is 0.0460. The van der Waals surface area contributed by atoms with Crippen molar-refractivity contribution in [3.05, 3.63) is 12.2 Å². The molecule has 274 valence electrons. The molecule has 0 radical (unpaired) electrons. The maximum Gasteiger partial charge on any atom is 0.220 e. The summed E-state index contributed by atoms with van der Waals surface area (Å²) in [5.74, 6) is -0.0308. The Hall–Kier alpha value is -0.870. The fourth-order valence-corrected chi connectivity index (χ4v) is 6.54. The second kappa shape index (κ2) is 38.6. The first kappa shape index (κ1) is 45.1. The summed E-state index contributed by atoms with van der Waals surface area (Å²) in [6.45, 7) is 4.32. The SMILES string of the molecule is CCC/C=C\CCCCCCCCCC[C@@H](O)[C@H](CO)NC(=O)CCCCCCCCCCCCCCCCCCCCCCC. The first-order valence-electron chi connectivity index (χ1n) is 20.9. The maximum absolute atomic E-state index is 12.4. The number of nitrogens with one attached hydrogen (secondary N) is 1. The van der Waals surface area contributed by atoms with E-state index in [0.717, 1.165) is 25.7 Å². The second-order valence-corrected chi connectivity index (χ2v) is 14.4. The van der Waals surface area contributed by atoms with Crippen LogP contribution >= 0.6 is 0 Å². The van der Waals surface area contributed by atoms with Crippen molar-refractivity contribution in [2.75, 3.05) is 6.61 Å². The molecule has 46 heavy (non-hydrogen) atoms. The van der Waals surface area contributed by atoms with Crippen molar-refractivity contribution in [2.24, 2.45) is 0 Å². The molecule has 0 aromatic heterocycles. The molecule has 0 saturated heterocycles. The third-order valence-corrected chi connectivity index (χ3v) is 9.76. The van der Waals surface area contributed by atoms with Crippen molar-refractivity contribution in [3.63, 3.8) is 0 Å². The molecule has 0 rings (SSSR count). The highest BCUT2D eigenvalue weighted by atomic mass is 16.3. The Balaban J connectivity index is 3.47. The summed E-state index contributed by atoms with van der Waals surface area (Å²) in [5.41, 5.74) is 0. The number of aliphatic hydroxyl groups excluding tert-OH is 2. The smallest absolute Gasteiger partial charge is 0.220 e. The standard InChI is InChI=1S/C42H83NO3/c1-3-5-7-9-11-13-15-17-18-19-20-21-22-23-24-26-28-30-32-34-36-38-42(46)43-40(39-44)41(45)37-35-33-31-29-27-25-16-14-12-10-8-6-4-2/h8,10,40-41,44-45H,3-7,9,11-39H2,1-2H3,(H,43,46)/b10-8-/t40-,41+/m0/s1. The average molecular weight is 650 g/mol. The molecule has 0 aliphatic rings. The zero-order valence-corrected chi connectivity index (χ0v) is 31.4. The molecule has 2 atom stereocenters. The van der Waals surface area contributed by atoms with E-state index in [4.69, 9.17) is 0 Å². The molecule has 1 amide bonds. The average Bonchev–Trinajstić information content (AvgIpc) is 3.06. The predicted octanol–water partition coefficient (Wildman–Crippen LogP) is 12.7. The molecule has 0 saturated carbocycles. The van der Waals surface area contributed by atoms with Crippen molar-refractivity contribution < 1.29 is 15.0 Å². The van der Waals surface area contributed by atoms with Crippen LogP contribution in [0.15, 0.2) is 12.2 Å². The predicted molar refractivity (Wildman–Crippen MR) is 202 cm³/mol. The zero-order valence-electron chi connectivity index (χ0n) is 31.4. The van der Waals surface area contributed by atoms with Gasteiger partial charge in [0.15, 0.2) is 0 Å². The van der Waals surface area contributed by atoms with Crippen molar-refractivity contribution in [1.82, 2.24) is 5.32 Å². The van der Waals surface area contributed by atoms with Crippen LogP contribution in [0.4, 0.5) is 0 Å². The van der Waals surface area contributed by atoms with E-state index in [-0.39, 0.29) is 12.5 Å². The Labute approximate surface area is 288 Å². The Bertz CT molecular complexity index is 622. The van der Waals surface area contributed by atoms with Gasteiger partial charge in [0.05, 0.1) is 18.8 Å². The number of carbonyl (C=O) groups is 1. The Morgan fingerprint density at radius 1 is 0.500 bits per heavy atom. The van der Waals surface area contributed by atoms with Gasteiger partial charge in [-0.05, 0) is 32.1 Å². The van der Waals surface area contributed by atoms with E-state index >= 15 is 0 Å². The lowest BCUT2D eigenvalue weighted by Crippen LogP contribution is -2.45. The highest BCUT2D eigenvalue weighted by Gasteiger charge is 2.19. The second-order valence-electron chi connectivity index (χ2n) is 14.4. The van der Waals surface area contributed by atoms with E-state index in [9.17, 15) is 15.0 Å². The number of carbonyl (C=O) groups excluding carboxylic acids is 1. The third-order valence-electron chi connectivity index (χ3n) is 9.76. The van der Waals surface area contributed by atoms with Crippen molar-refractivity contribution in [1.29, 1.82) is 0 Å². The zero-order chi connectivity index (χ0) is 33.6. The minimum Gasteiger partial charge on any atom is -0.394 e. The molecular weight excluding hydrogens is 566 g/mol. The van der Waals surface area contributed by atoms with Crippen LogP contribution in [0.2, 0.25) is 0 Å². The van der Waals surface area contributed by atoms with E-state index in [1.165, 1.54) is 180 Å². The monoisotopic (exact) mass is 650 g/mol. The van der Waals surface area contributed by atoms with Crippen LogP contribution in [0, 0.1) is 0 Å². The molecule has 4 heteroatoms. The van der Waals surface area contributed by atoms with Gasteiger partial charge in [0, 0.05) is 6.42 Å². The van der Waals surface area contributed by atoms with E-state index in [0.29, 0.717) is 12.8 Å². The van der Waals surface area contributed by atoms with Gasteiger partial charge in [-0.3, -0.25) is 4.79 Å². The number of hydrogen-bond acceptors (Lipinski definition) is 3. The molecular formula is C42H83NO3. The van der Waals surface area contributed by atoms with Gasteiger partial charge < -0.3 is 15.5 Å². The number of hydrogen-bond donors (Lipinski definition) is 3. The lowest BCUT2D eigenvalue weighted by Gasteiger charge is -2.22. The largest absolute Gasteiger partial charge is 0.394 e. The topological polar surface area (TPSA) is 69.6 Å². The van der Waals surface area contributed by atoms with E-state index in [1.807, 2.05) is 0 Å². The summed E-state index contributed by atoms with van der Waals surface area (Å²) in [6.07, 6.45) is 47.1. The van der Waals surface area contributed by atoms with E-state index in [2.05, 4.69) is 31.3 Å². The van der Waals surface area contributed by atoms with Gasteiger partial charge in [-0.15, -0.1) is 0 Å². The minimum absolute atomic E-state index is 0.0308. The molecule has 4 nitrogen and oxygen atoms in total. The summed E-state index contributed by atoms with van der Waals surface area (Å²) in [7, 11) is 0. The first-order valence-corrected chi connectivity index (χ1v) is 20.9. The molecule has 0 spiro atoms. The van der Waals surface area contributed by atoms with Crippen LogP contribution < -0.4 is 5.32 Å². The van der Waals surface area contributed by atoms with Crippen LogP contribution in [0.3, 0.4) is 0 Å². The molecule has 0 bridgehead atoms. The summed E-state index contributed by atoms with van der Waals surface area (Å²) >= 11 is 0. The molecule has 0 aromatic carbocycles. The lowest BCUT2D eigenvalue weighted by molar-refractivity contribution is -0.123. The molecule has 0 aromatic rings. The Morgan fingerprint density at radius 3 is 1.28 bits per heavy atom. The van der Waals surface area contributed by atoms with Crippen LogP contribution in [0.5, 0.6) is 0 Å². The molecule has 3 N–H and O–H groups in total. The molecule has 0 fully saturated rings. The Kier molecular flexibility index (Phi) is 37.8. The number of allylic oxidation sites excluding steroid dienone is 2. The lowest BCUT2D eigenvalue weighted by atomic mass is 10.0. The van der Waals surface area contributed by atoms with Crippen LogP contribution in [0.1, 0.15) is 232 Å². The van der Waals surface area contributed by atoms with Crippen molar-refractivity contribution >= 4 is 5.91 Å². The van der Waals surface area contributed by atoms with E-state index in [1.54, 1.807) is 0 Å². The van der Waals surface area contributed by atoms with Gasteiger partial charge in [-0.2, -0.15) is 0 Å². The van der Waals surface area contributed by atoms with Gasteiger partial charge in [0.1, 0.15) is 0 Å². The number of amides is 1. The summed E-state index contributed by atoms with van der Waals surface area (Å²) < 4.78 is 0. The minimum atomic E-state index is -0.658. The van der Waals surface area contributed by atoms with Crippen molar-refractivity contribution in [2.45, 2.75) is 244 Å². The van der Waals surface area contributed by atoms with Gasteiger partial charge in [0.25, 0.3) is 0 Å². The molecule has 0 aliphatic carbocycles. The number of aliphatic hydroxyl groups is 2. The molecule has 0 aliphatic heterocycles. The first-order chi connectivity index (χ1) is 22.7. The van der Waals surface area contributed by atoms with Crippen LogP contribution in [-0.4, -0.2) is 34.9 Å². The molecule has 0 unspecified atom stereocenters. The highest BCUT2D eigenvalue weighted by Crippen LogP contribution is 2.16. The van der Waals surface area contributed by atoms with Crippen LogP contribution in [0.25, 0.3) is 0 Å². The van der Waals surface area contributed by atoms with E-state index < -0.39 is 12.1 Å². The van der Waals surface area contributed by atoms with Crippen LogP contribution in [-0.2, 0) is 4.79 Å². The van der Waals surface area contributed by atoms with Gasteiger partial charge in [-0.25, -0.2) is 0 Å². The highest BCUT2D eigenvalue weighted by molar-refractivity contribution is 5.76. The number of rotatable bonds is 38. The number of unbranched alkanes of at least 4 members (excludes halogenated alkanes) is 29. The third kappa shape index (κ3) is 34.5. The summed E-state index contributed by atoms with van der Waals surface area (Å²) in [4.78, 5) is 12.4. The maximum atomic E-state index is 12.4. The normalized spacial score (nSPS) is 13.0. The Morgan fingerprint density at radius 2 is 0.870 bits per heavy atom. The van der Waals surface area contributed by atoms with Crippen molar-refractivity contribution in [3.8, 4) is 0 Å². The molecule has 0 heterocycles. The fourth-order valence-electron chi connectivity index (χ4n) is 6.54. The summed E-state index contributed by atoms with van der Waals surface area (Å²) in [5, 5.41) is 23.1. The summed E-state index contributed by atoms with van der Waals surface area (Å²) in [6, 6.07) is -0.534.